The van der Waals surface area contributed by atoms with E-state index in [0.717, 1.165) is 83.5 Å². The first-order valence-corrected chi connectivity index (χ1v) is 24.6. The van der Waals surface area contributed by atoms with Crippen molar-refractivity contribution in [2.45, 2.75) is 200 Å². The number of aliphatic carboxylic acids is 1. The van der Waals surface area contributed by atoms with Gasteiger partial charge in [0.1, 0.15) is 13.2 Å². The highest BCUT2D eigenvalue weighted by Crippen LogP contribution is 2.13. The fraction of sp³-hybridized carbons (Fsp3) is 0.717. The largest absolute Gasteiger partial charge is 0.477 e. The van der Waals surface area contributed by atoms with Crippen molar-refractivity contribution in [3.8, 4) is 0 Å². The molecule has 0 amide bonds. The van der Waals surface area contributed by atoms with Crippen LogP contribution in [0.5, 0.6) is 0 Å². The van der Waals surface area contributed by atoms with Crippen molar-refractivity contribution in [2.24, 2.45) is 0 Å². The monoisotopic (exact) mass is 871 g/mol. The minimum absolute atomic E-state index is 0.177. The number of hydrogen-bond acceptors (Lipinski definition) is 7. The van der Waals surface area contributed by atoms with E-state index in [1.165, 1.54) is 70.6 Å². The van der Waals surface area contributed by atoms with E-state index in [4.69, 9.17) is 18.9 Å². The van der Waals surface area contributed by atoms with E-state index >= 15 is 0 Å². The molecular weight excluding hydrogens is 779 g/mol. The van der Waals surface area contributed by atoms with Gasteiger partial charge in [0, 0.05) is 12.8 Å². The summed E-state index contributed by atoms with van der Waals surface area (Å²) in [6, 6.07) is 0. The van der Waals surface area contributed by atoms with Crippen molar-refractivity contribution < 1.29 is 42.9 Å². The Morgan fingerprint density at radius 2 is 0.919 bits per heavy atom. The number of carbonyl (C=O) groups excluding carboxylic acids is 2. The molecule has 0 saturated heterocycles. The minimum Gasteiger partial charge on any atom is -0.477 e. The maximum Gasteiger partial charge on any atom is 0.361 e. The Bertz CT molecular complexity index is 1240. The molecule has 62 heavy (non-hydrogen) atoms. The first-order valence-electron chi connectivity index (χ1n) is 24.6. The van der Waals surface area contributed by atoms with Crippen LogP contribution in [0.1, 0.15) is 187 Å². The lowest BCUT2D eigenvalue weighted by Gasteiger charge is -2.25. The second kappa shape index (κ2) is 44.3. The molecule has 9 nitrogen and oxygen atoms in total. The second-order valence-corrected chi connectivity index (χ2v) is 17.4. The van der Waals surface area contributed by atoms with Gasteiger partial charge < -0.3 is 28.5 Å². The number of allylic oxidation sites excluding steroid dienone is 12. The van der Waals surface area contributed by atoms with Gasteiger partial charge in [-0.15, -0.1) is 0 Å². The van der Waals surface area contributed by atoms with Crippen LogP contribution in [0.25, 0.3) is 0 Å². The van der Waals surface area contributed by atoms with Gasteiger partial charge in [0.2, 0.25) is 0 Å². The van der Waals surface area contributed by atoms with Crippen LogP contribution >= 0.6 is 0 Å². The molecule has 0 fully saturated rings. The molecule has 0 aromatic carbocycles. The summed E-state index contributed by atoms with van der Waals surface area (Å²) in [4.78, 5) is 37.2. The molecule has 0 aliphatic rings. The summed E-state index contributed by atoms with van der Waals surface area (Å²) in [7, 11) is 5.94. The van der Waals surface area contributed by atoms with Crippen molar-refractivity contribution in [1.29, 1.82) is 0 Å². The molecule has 2 unspecified atom stereocenters. The van der Waals surface area contributed by atoms with Gasteiger partial charge in [0.15, 0.2) is 6.10 Å². The van der Waals surface area contributed by atoms with Gasteiger partial charge >= 0.3 is 17.9 Å². The number of quaternary nitrogens is 1. The number of carboxylic acid groups (broad SMARTS) is 1. The van der Waals surface area contributed by atoms with E-state index < -0.39 is 24.3 Å². The molecule has 0 bridgehead atoms. The van der Waals surface area contributed by atoms with Gasteiger partial charge in [0.25, 0.3) is 6.29 Å². The van der Waals surface area contributed by atoms with Crippen LogP contribution in [-0.2, 0) is 33.3 Å². The van der Waals surface area contributed by atoms with E-state index in [9.17, 15) is 19.5 Å². The zero-order valence-electron chi connectivity index (χ0n) is 40.3. The summed E-state index contributed by atoms with van der Waals surface area (Å²) >= 11 is 0. The van der Waals surface area contributed by atoms with Gasteiger partial charge in [-0.2, -0.15) is 0 Å². The number of carboxylic acids is 1. The molecule has 0 aromatic rings. The van der Waals surface area contributed by atoms with Crippen LogP contribution in [0.15, 0.2) is 72.9 Å². The van der Waals surface area contributed by atoms with Crippen LogP contribution in [-0.4, -0.2) is 87.4 Å². The van der Waals surface area contributed by atoms with E-state index in [0.29, 0.717) is 17.4 Å². The Morgan fingerprint density at radius 1 is 0.500 bits per heavy atom. The zero-order valence-corrected chi connectivity index (χ0v) is 40.3. The molecule has 356 valence electrons. The maximum absolute atomic E-state index is 12.8. The lowest BCUT2D eigenvalue weighted by Crippen LogP contribution is -2.40. The van der Waals surface area contributed by atoms with Crippen LogP contribution in [0, 0.1) is 0 Å². The fourth-order valence-corrected chi connectivity index (χ4v) is 6.39. The summed E-state index contributed by atoms with van der Waals surface area (Å²) in [5.74, 6) is -2.06. The van der Waals surface area contributed by atoms with Crippen LogP contribution in [0.3, 0.4) is 0 Å². The first-order chi connectivity index (χ1) is 30.1. The summed E-state index contributed by atoms with van der Waals surface area (Å²) in [6.45, 7) is 4.70. The Morgan fingerprint density at radius 3 is 1.40 bits per heavy atom. The average molecular weight is 871 g/mol. The summed E-state index contributed by atoms with van der Waals surface area (Å²) in [6.07, 6.45) is 52.5. The summed E-state index contributed by atoms with van der Waals surface area (Å²) < 4.78 is 22.7. The molecule has 1 N–H and O–H groups in total. The highest BCUT2D eigenvalue weighted by atomic mass is 16.7. The number of nitrogens with zero attached hydrogens (tertiary/aromatic N) is 1. The van der Waals surface area contributed by atoms with Crippen LogP contribution in [0.2, 0.25) is 0 Å². The summed E-state index contributed by atoms with van der Waals surface area (Å²) in [5.41, 5.74) is 0. The number of carbonyl (C=O) groups is 3. The van der Waals surface area contributed by atoms with Gasteiger partial charge in [-0.1, -0.05) is 164 Å². The lowest BCUT2D eigenvalue weighted by atomic mass is 10.1. The normalized spacial score (nSPS) is 13.5. The Balaban J connectivity index is 4.46. The Labute approximate surface area is 379 Å². The fourth-order valence-electron chi connectivity index (χ4n) is 6.39. The summed E-state index contributed by atoms with van der Waals surface area (Å²) in [5, 5.41) is 9.66. The van der Waals surface area contributed by atoms with Gasteiger partial charge in [-0.25, -0.2) is 4.79 Å². The van der Waals surface area contributed by atoms with E-state index in [1.807, 2.05) is 21.1 Å². The molecule has 0 saturated carbocycles. The highest BCUT2D eigenvalue weighted by molar-refractivity contribution is 5.71. The third kappa shape index (κ3) is 44.8. The van der Waals surface area contributed by atoms with Crippen LogP contribution < -0.4 is 0 Å². The zero-order chi connectivity index (χ0) is 45.6. The molecule has 0 aliphatic heterocycles. The first kappa shape index (κ1) is 58.7. The highest BCUT2D eigenvalue weighted by Gasteiger charge is 2.25. The van der Waals surface area contributed by atoms with Crippen molar-refractivity contribution in [3.05, 3.63) is 72.9 Å². The number of rotatable bonds is 44. The SMILES string of the molecule is CC/C=C\C/C=C\C/C=C\C/C=C\C/C=C\CCCCCC(=O)OC(COC(=O)CCCCCCCCC/C=C\CCCCCCCCC)COC(OCC[N+](C)(C)C)C(=O)O. The molecular formula is C53H92NO8+. The van der Waals surface area contributed by atoms with Crippen molar-refractivity contribution in [1.82, 2.24) is 0 Å². The van der Waals surface area contributed by atoms with Gasteiger partial charge in [0.05, 0.1) is 34.4 Å². The molecule has 0 aromatic heterocycles. The van der Waals surface area contributed by atoms with Gasteiger partial charge in [-0.3, -0.25) is 9.59 Å². The van der Waals surface area contributed by atoms with Crippen LogP contribution in [0.4, 0.5) is 0 Å². The Kier molecular flexibility index (Phi) is 42.0. The molecule has 0 aliphatic carbocycles. The number of ether oxygens (including phenoxy) is 4. The predicted octanol–water partition coefficient (Wildman–Crippen LogP) is 13.5. The smallest absolute Gasteiger partial charge is 0.361 e. The standard InChI is InChI=1S/C53H91NO8/c1-6-8-10-12-14-16-18-20-22-24-26-28-30-32-34-36-38-40-42-44-51(56)62-49(48-61-53(52(57)58)59-46-45-54(3,4)5)47-60-50(55)43-41-39-37-35-33-31-29-27-25-23-21-19-17-15-13-11-9-7-2/h8,10,14,16,20,22-23,25-26,28,32,34,49,53H,6-7,9,11-13,15,17-19,21,24,27,29-31,33,35-48H2,1-5H3/p+1/b10-8-,16-14-,22-20-,25-23-,28-26-,34-32-. The van der Waals surface area contributed by atoms with E-state index in [1.54, 1.807) is 0 Å². The topological polar surface area (TPSA) is 108 Å². The minimum atomic E-state index is -1.52. The van der Waals surface area contributed by atoms with Crippen molar-refractivity contribution in [3.63, 3.8) is 0 Å². The molecule has 9 heteroatoms. The third-order valence-corrected chi connectivity index (χ3v) is 10.2. The predicted molar refractivity (Wildman–Crippen MR) is 258 cm³/mol. The number of hydrogen-bond donors (Lipinski definition) is 1. The van der Waals surface area contributed by atoms with Crippen molar-refractivity contribution >= 4 is 17.9 Å². The molecule has 0 radical (unpaired) electrons. The number of unbranched alkanes of at least 4 members (excludes halogenated alkanes) is 17. The van der Waals surface area contributed by atoms with Gasteiger partial charge in [-0.05, 0) is 83.5 Å². The molecule has 0 rings (SSSR count). The lowest BCUT2D eigenvalue weighted by molar-refractivity contribution is -0.870. The quantitative estimate of drug-likeness (QED) is 0.0212. The Hall–Kier alpha value is -3.27. The maximum atomic E-state index is 12.8. The molecule has 0 heterocycles. The molecule has 0 spiro atoms. The average Bonchev–Trinajstić information content (AvgIpc) is 3.23. The van der Waals surface area contributed by atoms with Crippen molar-refractivity contribution in [2.75, 3.05) is 47.5 Å². The third-order valence-electron chi connectivity index (χ3n) is 10.2. The second-order valence-electron chi connectivity index (χ2n) is 17.4. The van der Waals surface area contributed by atoms with E-state index in [-0.39, 0.29) is 38.6 Å². The number of esters is 2. The van der Waals surface area contributed by atoms with E-state index in [2.05, 4.69) is 86.8 Å². The molecule has 2 atom stereocenters. The number of likely N-dealkylation sites (N-methyl/N-ethyl adjacent to an activating group) is 1.